The standard InChI is InChI=1S/C23H30N6O2/c1-17(2)22-24-7-8-28(22)12-9-27-10-13-29(14-11-27)23(30)21-16-20(25-26-21)18-5-4-6-19(15-18)31-3/h4-8,15-17H,9-14H2,1-3H3,(H,25,26). The van der Waals surface area contributed by atoms with Crippen molar-refractivity contribution in [3.63, 3.8) is 0 Å². The van der Waals surface area contributed by atoms with Crippen LogP contribution in [0.15, 0.2) is 42.7 Å². The first-order valence-corrected chi connectivity index (χ1v) is 10.8. The highest BCUT2D eigenvalue weighted by Crippen LogP contribution is 2.23. The number of piperazine rings is 1. The van der Waals surface area contributed by atoms with Crippen molar-refractivity contribution < 1.29 is 9.53 Å². The van der Waals surface area contributed by atoms with Gasteiger partial charge in [-0.15, -0.1) is 0 Å². The molecule has 1 fully saturated rings. The predicted octanol–water partition coefficient (Wildman–Crippen LogP) is 2.86. The van der Waals surface area contributed by atoms with Crippen molar-refractivity contribution in [3.8, 4) is 17.0 Å². The molecule has 0 radical (unpaired) electrons. The van der Waals surface area contributed by atoms with E-state index < -0.39 is 0 Å². The molecular weight excluding hydrogens is 392 g/mol. The van der Waals surface area contributed by atoms with Crippen LogP contribution in [0.4, 0.5) is 0 Å². The van der Waals surface area contributed by atoms with Gasteiger partial charge in [-0.3, -0.25) is 14.8 Å². The number of hydrogen-bond acceptors (Lipinski definition) is 5. The van der Waals surface area contributed by atoms with Gasteiger partial charge in [0.15, 0.2) is 0 Å². The number of carbonyl (C=O) groups excluding carboxylic acids is 1. The zero-order valence-electron chi connectivity index (χ0n) is 18.4. The first-order chi connectivity index (χ1) is 15.0. The summed E-state index contributed by atoms with van der Waals surface area (Å²) in [6.45, 7) is 9.38. The van der Waals surface area contributed by atoms with E-state index in [0.29, 0.717) is 24.7 Å². The van der Waals surface area contributed by atoms with E-state index in [1.54, 1.807) is 7.11 Å². The fourth-order valence-corrected chi connectivity index (χ4v) is 3.97. The topological polar surface area (TPSA) is 79.3 Å². The Morgan fingerprint density at radius 3 is 2.71 bits per heavy atom. The maximum atomic E-state index is 12.9. The molecule has 8 heteroatoms. The van der Waals surface area contributed by atoms with Crippen molar-refractivity contribution in [3.05, 3.63) is 54.2 Å². The van der Waals surface area contributed by atoms with E-state index in [9.17, 15) is 4.79 Å². The van der Waals surface area contributed by atoms with Crippen molar-refractivity contribution in [1.29, 1.82) is 0 Å². The average Bonchev–Trinajstić information content (AvgIpc) is 3.47. The fraction of sp³-hybridized carbons (Fsp3) is 0.435. The Morgan fingerprint density at radius 2 is 1.97 bits per heavy atom. The van der Waals surface area contributed by atoms with Gasteiger partial charge >= 0.3 is 0 Å². The number of imidazole rings is 1. The molecule has 1 aliphatic heterocycles. The number of methoxy groups -OCH3 is 1. The van der Waals surface area contributed by atoms with Gasteiger partial charge in [0.05, 0.1) is 12.8 Å². The first-order valence-electron chi connectivity index (χ1n) is 10.8. The molecule has 2 aromatic heterocycles. The van der Waals surface area contributed by atoms with Gasteiger partial charge in [0, 0.05) is 63.1 Å². The van der Waals surface area contributed by atoms with E-state index in [1.165, 1.54) is 0 Å². The third-order valence-corrected chi connectivity index (χ3v) is 5.75. The summed E-state index contributed by atoms with van der Waals surface area (Å²) in [5.74, 6) is 2.30. The zero-order valence-corrected chi connectivity index (χ0v) is 18.4. The van der Waals surface area contributed by atoms with E-state index >= 15 is 0 Å². The Balaban J connectivity index is 1.31. The lowest BCUT2D eigenvalue weighted by molar-refractivity contribution is 0.0627. The van der Waals surface area contributed by atoms with Crippen LogP contribution < -0.4 is 4.74 Å². The third kappa shape index (κ3) is 4.80. The van der Waals surface area contributed by atoms with Gasteiger partial charge < -0.3 is 14.2 Å². The third-order valence-electron chi connectivity index (χ3n) is 5.75. The van der Waals surface area contributed by atoms with Crippen LogP contribution in [0.1, 0.15) is 36.1 Å². The molecule has 164 valence electrons. The number of ether oxygens (including phenoxy) is 1. The largest absolute Gasteiger partial charge is 0.497 e. The molecule has 4 rings (SSSR count). The number of nitrogens with one attached hydrogen (secondary N) is 1. The molecule has 1 N–H and O–H groups in total. The number of aromatic nitrogens is 4. The number of hydrogen-bond donors (Lipinski definition) is 1. The van der Waals surface area contributed by atoms with E-state index in [2.05, 4.69) is 38.5 Å². The quantitative estimate of drug-likeness (QED) is 0.633. The summed E-state index contributed by atoms with van der Waals surface area (Å²) in [4.78, 5) is 21.7. The second-order valence-electron chi connectivity index (χ2n) is 8.17. The summed E-state index contributed by atoms with van der Waals surface area (Å²) in [5, 5.41) is 7.23. The smallest absolute Gasteiger partial charge is 0.271 e. The van der Waals surface area contributed by atoms with Gasteiger partial charge in [0.1, 0.15) is 17.3 Å². The number of H-pyrrole nitrogens is 1. The molecule has 0 aliphatic carbocycles. The maximum Gasteiger partial charge on any atom is 0.271 e. The normalized spacial score (nSPS) is 14.9. The molecule has 3 aromatic rings. The summed E-state index contributed by atoms with van der Waals surface area (Å²) in [7, 11) is 1.64. The zero-order chi connectivity index (χ0) is 21.8. The van der Waals surface area contributed by atoms with Crippen LogP contribution >= 0.6 is 0 Å². The minimum atomic E-state index is -0.00185. The lowest BCUT2D eigenvalue weighted by Crippen LogP contribution is -2.49. The predicted molar refractivity (Wildman–Crippen MR) is 119 cm³/mol. The molecule has 0 atom stereocenters. The van der Waals surface area contributed by atoms with Gasteiger partial charge in [-0.2, -0.15) is 5.10 Å². The van der Waals surface area contributed by atoms with Gasteiger partial charge in [-0.25, -0.2) is 4.98 Å². The van der Waals surface area contributed by atoms with Crippen molar-refractivity contribution in [1.82, 2.24) is 29.5 Å². The molecule has 1 saturated heterocycles. The molecule has 0 spiro atoms. The summed E-state index contributed by atoms with van der Waals surface area (Å²) < 4.78 is 7.50. The van der Waals surface area contributed by atoms with E-state index in [4.69, 9.17) is 4.74 Å². The summed E-state index contributed by atoms with van der Waals surface area (Å²) in [6, 6.07) is 9.48. The SMILES string of the molecule is COc1cccc(-c2cc(C(=O)N3CCN(CCn4ccnc4C(C)C)CC3)[nH]n2)c1. The molecule has 0 saturated carbocycles. The molecule has 31 heavy (non-hydrogen) atoms. The Kier molecular flexibility index (Phi) is 6.36. The first kappa shape index (κ1) is 21.1. The Labute approximate surface area is 182 Å². The van der Waals surface area contributed by atoms with Gasteiger partial charge in [-0.1, -0.05) is 26.0 Å². The molecule has 1 amide bonds. The Hall–Kier alpha value is -3.13. The molecule has 8 nitrogen and oxygen atoms in total. The van der Waals surface area contributed by atoms with Crippen molar-refractivity contribution in [2.45, 2.75) is 26.3 Å². The fourth-order valence-electron chi connectivity index (χ4n) is 3.97. The molecule has 1 aliphatic rings. The minimum Gasteiger partial charge on any atom is -0.497 e. The molecular formula is C23H30N6O2. The van der Waals surface area contributed by atoms with Crippen LogP contribution in [0.2, 0.25) is 0 Å². The van der Waals surface area contributed by atoms with Crippen molar-refractivity contribution in [2.75, 3.05) is 39.8 Å². The monoisotopic (exact) mass is 422 g/mol. The lowest BCUT2D eigenvalue weighted by atomic mass is 10.1. The number of rotatable bonds is 7. The Bertz CT molecular complexity index is 1020. The molecule has 3 heterocycles. The van der Waals surface area contributed by atoms with Gasteiger partial charge in [-0.05, 0) is 18.2 Å². The molecule has 0 bridgehead atoms. The highest BCUT2D eigenvalue weighted by molar-refractivity contribution is 5.93. The van der Waals surface area contributed by atoms with E-state index in [0.717, 1.165) is 49.0 Å². The number of benzene rings is 1. The van der Waals surface area contributed by atoms with E-state index in [1.807, 2.05) is 47.6 Å². The van der Waals surface area contributed by atoms with Gasteiger partial charge in [0.25, 0.3) is 5.91 Å². The van der Waals surface area contributed by atoms with E-state index in [-0.39, 0.29) is 5.91 Å². The second kappa shape index (κ2) is 9.34. The molecule has 0 unspecified atom stereocenters. The van der Waals surface area contributed by atoms with Crippen LogP contribution in [0.25, 0.3) is 11.3 Å². The minimum absolute atomic E-state index is 0.00185. The summed E-state index contributed by atoms with van der Waals surface area (Å²) in [5.41, 5.74) is 2.17. The van der Waals surface area contributed by atoms with Crippen LogP contribution in [-0.4, -0.2) is 75.3 Å². The lowest BCUT2D eigenvalue weighted by Gasteiger charge is -2.34. The van der Waals surface area contributed by atoms with Gasteiger partial charge in [0.2, 0.25) is 0 Å². The number of aromatic amines is 1. The Morgan fingerprint density at radius 1 is 1.16 bits per heavy atom. The summed E-state index contributed by atoms with van der Waals surface area (Å²) >= 11 is 0. The highest BCUT2D eigenvalue weighted by Gasteiger charge is 2.24. The summed E-state index contributed by atoms with van der Waals surface area (Å²) in [6.07, 6.45) is 3.92. The van der Waals surface area contributed by atoms with Crippen LogP contribution in [0.5, 0.6) is 5.75 Å². The number of amides is 1. The average molecular weight is 423 g/mol. The van der Waals surface area contributed by atoms with Crippen molar-refractivity contribution >= 4 is 5.91 Å². The maximum absolute atomic E-state index is 12.9. The van der Waals surface area contributed by atoms with Crippen LogP contribution in [0.3, 0.4) is 0 Å². The van der Waals surface area contributed by atoms with Crippen molar-refractivity contribution in [2.24, 2.45) is 0 Å². The molecule has 1 aromatic carbocycles. The van der Waals surface area contributed by atoms with Crippen LogP contribution in [-0.2, 0) is 6.54 Å². The number of carbonyl (C=O) groups is 1. The number of nitrogens with zero attached hydrogens (tertiary/aromatic N) is 5. The highest BCUT2D eigenvalue weighted by atomic mass is 16.5. The van der Waals surface area contributed by atoms with Crippen LogP contribution in [0, 0.1) is 0 Å². The second-order valence-corrected chi connectivity index (χ2v) is 8.17.